The number of hydrogen-bond acceptors (Lipinski definition) is 2. The second-order valence-corrected chi connectivity index (χ2v) is 4.43. The molecule has 1 fully saturated rings. The summed E-state index contributed by atoms with van der Waals surface area (Å²) in [4.78, 5) is 3.90. The minimum absolute atomic E-state index is 0.542. The van der Waals surface area contributed by atoms with Gasteiger partial charge in [0.25, 0.3) is 0 Å². The van der Waals surface area contributed by atoms with Crippen LogP contribution >= 0.6 is 0 Å². The van der Waals surface area contributed by atoms with Crippen molar-refractivity contribution in [2.45, 2.75) is 25.4 Å². The monoisotopic (exact) mass is 244 g/mol. The second-order valence-electron chi connectivity index (χ2n) is 4.43. The molecule has 0 saturated carbocycles. The van der Waals surface area contributed by atoms with Crippen molar-refractivity contribution in [1.29, 1.82) is 0 Å². The minimum Gasteiger partial charge on any atom is -0.317 e. The van der Waals surface area contributed by atoms with Crippen molar-refractivity contribution in [3.63, 3.8) is 0 Å². The van der Waals surface area contributed by atoms with Gasteiger partial charge in [-0.2, -0.15) is 13.2 Å². The molecule has 1 aliphatic rings. The SMILES string of the molecule is FC(F)(F)c1ccc(CC2CCNCC2)nc1. The van der Waals surface area contributed by atoms with Crippen molar-refractivity contribution < 1.29 is 13.2 Å². The zero-order valence-electron chi connectivity index (χ0n) is 9.43. The number of nitrogens with zero attached hydrogens (tertiary/aromatic N) is 1. The Labute approximate surface area is 98.2 Å². The Bertz CT molecular complexity index is 353. The molecule has 0 unspecified atom stereocenters. The van der Waals surface area contributed by atoms with E-state index in [0.29, 0.717) is 5.92 Å². The van der Waals surface area contributed by atoms with Crippen molar-refractivity contribution in [3.8, 4) is 0 Å². The van der Waals surface area contributed by atoms with E-state index < -0.39 is 11.7 Å². The Balaban J connectivity index is 1.98. The minimum atomic E-state index is -4.29. The average molecular weight is 244 g/mol. The molecule has 1 N–H and O–H groups in total. The topological polar surface area (TPSA) is 24.9 Å². The first kappa shape index (κ1) is 12.4. The number of alkyl halides is 3. The van der Waals surface area contributed by atoms with Gasteiger partial charge in [0.2, 0.25) is 0 Å². The third-order valence-electron chi connectivity index (χ3n) is 3.11. The summed E-state index contributed by atoms with van der Waals surface area (Å²) in [6, 6.07) is 2.61. The van der Waals surface area contributed by atoms with E-state index in [9.17, 15) is 13.2 Å². The van der Waals surface area contributed by atoms with Crippen molar-refractivity contribution in [2.24, 2.45) is 5.92 Å². The van der Waals surface area contributed by atoms with E-state index in [1.54, 1.807) is 0 Å². The highest BCUT2D eigenvalue weighted by atomic mass is 19.4. The van der Waals surface area contributed by atoms with Crippen molar-refractivity contribution in [2.75, 3.05) is 13.1 Å². The van der Waals surface area contributed by atoms with Crippen LogP contribution in [0.2, 0.25) is 0 Å². The molecule has 2 rings (SSSR count). The third-order valence-corrected chi connectivity index (χ3v) is 3.11. The van der Waals surface area contributed by atoms with Crippen LogP contribution in [0.4, 0.5) is 13.2 Å². The fourth-order valence-corrected chi connectivity index (χ4v) is 2.09. The molecule has 17 heavy (non-hydrogen) atoms. The summed E-state index contributed by atoms with van der Waals surface area (Å²) in [7, 11) is 0. The zero-order chi connectivity index (χ0) is 12.3. The molecule has 5 heteroatoms. The zero-order valence-corrected chi connectivity index (χ0v) is 9.43. The maximum atomic E-state index is 12.3. The van der Waals surface area contributed by atoms with Gasteiger partial charge in [-0.25, -0.2) is 0 Å². The standard InChI is InChI=1S/C12H15F3N2/c13-12(14,15)10-1-2-11(17-8-10)7-9-3-5-16-6-4-9/h1-2,8-9,16H,3-7H2. The van der Waals surface area contributed by atoms with Gasteiger partial charge in [0.15, 0.2) is 0 Å². The quantitative estimate of drug-likeness (QED) is 0.865. The predicted octanol–water partition coefficient (Wildman–Crippen LogP) is 2.64. The molecule has 0 aliphatic carbocycles. The highest BCUT2D eigenvalue weighted by molar-refractivity contribution is 5.17. The van der Waals surface area contributed by atoms with E-state index in [4.69, 9.17) is 0 Å². The van der Waals surface area contributed by atoms with E-state index >= 15 is 0 Å². The fourth-order valence-electron chi connectivity index (χ4n) is 2.09. The second kappa shape index (κ2) is 5.04. The summed E-state index contributed by atoms with van der Waals surface area (Å²) in [5.74, 6) is 0.542. The Morgan fingerprint density at radius 2 is 1.94 bits per heavy atom. The number of aromatic nitrogens is 1. The lowest BCUT2D eigenvalue weighted by atomic mass is 9.93. The lowest BCUT2D eigenvalue weighted by molar-refractivity contribution is -0.137. The Morgan fingerprint density at radius 3 is 2.47 bits per heavy atom. The summed E-state index contributed by atoms with van der Waals surface area (Å²) in [5.41, 5.74) is 0.0801. The number of rotatable bonds is 2. The molecule has 1 aliphatic heterocycles. The predicted molar refractivity (Wildman–Crippen MR) is 58.5 cm³/mol. The molecule has 2 heterocycles. The lowest BCUT2D eigenvalue weighted by Gasteiger charge is -2.22. The van der Waals surface area contributed by atoms with Crippen molar-refractivity contribution >= 4 is 0 Å². The molecule has 1 saturated heterocycles. The summed E-state index contributed by atoms with van der Waals surface area (Å²) in [6.07, 6.45) is -0.443. The molecular weight excluding hydrogens is 229 g/mol. The molecule has 2 nitrogen and oxygen atoms in total. The van der Waals surface area contributed by atoms with Crippen LogP contribution in [-0.2, 0) is 12.6 Å². The number of hydrogen-bond donors (Lipinski definition) is 1. The van der Waals surface area contributed by atoms with Gasteiger partial charge < -0.3 is 5.32 Å². The molecule has 1 aromatic rings. The van der Waals surface area contributed by atoms with Crippen LogP contribution in [0.1, 0.15) is 24.1 Å². The van der Waals surface area contributed by atoms with Crippen LogP contribution in [0, 0.1) is 5.92 Å². The summed E-state index contributed by atoms with van der Waals surface area (Å²) in [6.45, 7) is 1.98. The van der Waals surface area contributed by atoms with Gasteiger partial charge in [0, 0.05) is 11.9 Å². The highest BCUT2D eigenvalue weighted by Gasteiger charge is 2.30. The molecule has 0 radical (unpaired) electrons. The highest BCUT2D eigenvalue weighted by Crippen LogP contribution is 2.28. The number of halogens is 3. The van der Waals surface area contributed by atoms with Gasteiger partial charge in [-0.3, -0.25) is 4.98 Å². The van der Waals surface area contributed by atoms with Crippen LogP contribution in [0.5, 0.6) is 0 Å². The van der Waals surface area contributed by atoms with Crippen LogP contribution < -0.4 is 5.32 Å². The van der Waals surface area contributed by atoms with E-state index in [1.807, 2.05) is 0 Å². The van der Waals surface area contributed by atoms with Gasteiger partial charge in [0.05, 0.1) is 5.56 Å². The largest absolute Gasteiger partial charge is 0.417 e. The van der Waals surface area contributed by atoms with E-state index in [2.05, 4.69) is 10.3 Å². The van der Waals surface area contributed by atoms with Gasteiger partial charge in [-0.1, -0.05) is 0 Å². The van der Waals surface area contributed by atoms with Gasteiger partial charge >= 0.3 is 6.18 Å². The molecule has 0 spiro atoms. The van der Waals surface area contributed by atoms with Crippen LogP contribution in [0.25, 0.3) is 0 Å². The maximum Gasteiger partial charge on any atom is 0.417 e. The third kappa shape index (κ3) is 3.43. The van der Waals surface area contributed by atoms with Crippen molar-refractivity contribution in [1.82, 2.24) is 10.3 Å². The molecule has 1 aromatic heterocycles. The summed E-state index contributed by atoms with van der Waals surface area (Å²) < 4.78 is 37.0. The smallest absolute Gasteiger partial charge is 0.317 e. The first-order chi connectivity index (χ1) is 8.05. The van der Waals surface area contributed by atoms with Crippen LogP contribution in [-0.4, -0.2) is 18.1 Å². The molecule has 0 aromatic carbocycles. The van der Waals surface area contributed by atoms with Crippen LogP contribution in [0.15, 0.2) is 18.3 Å². The number of piperidine rings is 1. The summed E-state index contributed by atoms with van der Waals surface area (Å²) in [5, 5.41) is 3.26. The average Bonchev–Trinajstić information content (AvgIpc) is 2.30. The van der Waals surface area contributed by atoms with Crippen molar-refractivity contribution in [3.05, 3.63) is 29.6 Å². The van der Waals surface area contributed by atoms with Gasteiger partial charge in [-0.15, -0.1) is 0 Å². The fraction of sp³-hybridized carbons (Fsp3) is 0.583. The Kier molecular flexibility index (Phi) is 3.66. The Morgan fingerprint density at radius 1 is 1.24 bits per heavy atom. The van der Waals surface area contributed by atoms with E-state index in [1.165, 1.54) is 6.07 Å². The first-order valence-electron chi connectivity index (χ1n) is 5.78. The molecule has 0 bridgehead atoms. The van der Waals surface area contributed by atoms with E-state index in [0.717, 1.165) is 50.3 Å². The number of nitrogens with one attached hydrogen (secondary N) is 1. The lowest BCUT2D eigenvalue weighted by Crippen LogP contribution is -2.28. The molecular formula is C12H15F3N2. The summed E-state index contributed by atoms with van der Waals surface area (Å²) >= 11 is 0. The van der Waals surface area contributed by atoms with Gasteiger partial charge in [-0.05, 0) is 50.4 Å². The van der Waals surface area contributed by atoms with Crippen LogP contribution in [0.3, 0.4) is 0 Å². The van der Waals surface area contributed by atoms with E-state index in [-0.39, 0.29) is 0 Å². The number of pyridine rings is 1. The molecule has 94 valence electrons. The normalized spacial score (nSPS) is 18.3. The van der Waals surface area contributed by atoms with Gasteiger partial charge in [0.1, 0.15) is 0 Å². The first-order valence-corrected chi connectivity index (χ1v) is 5.78. The maximum absolute atomic E-state index is 12.3. The Hall–Kier alpha value is -1.10. The molecule has 0 amide bonds. The molecule has 0 atom stereocenters.